The highest BCUT2D eigenvalue weighted by molar-refractivity contribution is 5.87. The lowest BCUT2D eigenvalue weighted by atomic mass is 9.81. The lowest BCUT2D eigenvalue weighted by Gasteiger charge is -2.33. The molecule has 1 fully saturated rings. The molecule has 22 heavy (non-hydrogen) atoms. The number of carbonyl (C=O) groups excluding carboxylic acids is 1. The Bertz CT molecular complexity index is 535. The molecular formula is C17H23NO4. The van der Waals surface area contributed by atoms with Crippen molar-refractivity contribution in [2.24, 2.45) is 0 Å². The highest BCUT2D eigenvalue weighted by atomic mass is 16.5. The maximum atomic E-state index is 12.1. The number of aryl methyl sites for hydroxylation is 1. The smallest absolute Gasteiger partial charge is 0.329 e. The van der Waals surface area contributed by atoms with Crippen molar-refractivity contribution in [3.05, 3.63) is 29.8 Å². The van der Waals surface area contributed by atoms with Crippen molar-refractivity contribution in [3.8, 4) is 5.75 Å². The van der Waals surface area contributed by atoms with Crippen LogP contribution in [-0.2, 0) is 16.0 Å². The highest BCUT2D eigenvalue weighted by Crippen LogP contribution is 2.28. The number of nitrogens with one attached hydrogen (secondary N) is 1. The Morgan fingerprint density at radius 2 is 1.91 bits per heavy atom. The van der Waals surface area contributed by atoms with E-state index in [-0.39, 0.29) is 12.5 Å². The Kier molecular flexibility index (Phi) is 5.41. The zero-order valence-electron chi connectivity index (χ0n) is 12.9. The molecular weight excluding hydrogens is 282 g/mol. The zero-order valence-corrected chi connectivity index (χ0v) is 12.9. The number of rotatable bonds is 6. The maximum Gasteiger partial charge on any atom is 0.329 e. The van der Waals surface area contributed by atoms with Crippen LogP contribution < -0.4 is 10.1 Å². The molecule has 1 amide bonds. The molecule has 0 radical (unpaired) electrons. The number of amides is 1. The van der Waals surface area contributed by atoms with Gasteiger partial charge in [0.1, 0.15) is 11.3 Å². The SMILES string of the molecule is CCc1ccccc1OCC(=O)NC1(C(=O)O)CCCCC1. The Hall–Kier alpha value is -2.04. The van der Waals surface area contributed by atoms with Crippen LogP contribution in [0.4, 0.5) is 0 Å². The second-order valence-electron chi connectivity index (χ2n) is 5.75. The van der Waals surface area contributed by atoms with Crippen molar-refractivity contribution in [1.29, 1.82) is 0 Å². The first-order chi connectivity index (χ1) is 10.6. The number of hydrogen-bond donors (Lipinski definition) is 2. The first kappa shape index (κ1) is 16.3. The van der Waals surface area contributed by atoms with E-state index in [4.69, 9.17) is 4.74 Å². The van der Waals surface area contributed by atoms with E-state index < -0.39 is 11.5 Å². The molecule has 0 atom stereocenters. The van der Waals surface area contributed by atoms with Gasteiger partial charge in [0.2, 0.25) is 0 Å². The minimum absolute atomic E-state index is 0.161. The number of hydrogen-bond acceptors (Lipinski definition) is 3. The van der Waals surface area contributed by atoms with Gasteiger partial charge < -0.3 is 15.2 Å². The molecule has 120 valence electrons. The molecule has 1 aliphatic carbocycles. The molecule has 1 aromatic carbocycles. The van der Waals surface area contributed by atoms with Crippen LogP contribution in [-0.4, -0.2) is 29.1 Å². The minimum atomic E-state index is -1.12. The van der Waals surface area contributed by atoms with Crippen LogP contribution in [0.5, 0.6) is 5.75 Å². The number of aliphatic carboxylic acids is 1. The van der Waals surface area contributed by atoms with Gasteiger partial charge in [0.05, 0.1) is 0 Å². The molecule has 0 aliphatic heterocycles. The largest absolute Gasteiger partial charge is 0.483 e. The molecule has 1 aromatic rings. The van der Waals surface area contributed by atoms with Gasteiger partial charge in [0, 0.05) is 0 Å². The third-order valence-electron chi connectivity index (χ3n) is 4.21. The third-order valence-corrected chi connectivity index (χ3v) is 4.21. The molecule has 2 rings (SSSR count). The van der Waals surface area contributed by atoms with Gasteiger partial charge in [-0.2, -0.15) is 0 Å². The molecule has 2 N–H and O–H groups in total. The fraction of sp³-hybridized carbons (Fsp3) is 0.529. The van der Waals surface area contributed by atoms with E-state index >= 15 is 0 Å². The summed E-state index contributed by atoms with van der Waals surface area (Å²) in [5.41, 5.74) is -0.0934. The Balaban J connectivity index is 1.95. The second-order valence-corrected chi connectivity index (χ2v) is 5.75. The van der Waals surface area contributed by atoms with Gasteiger partial charge in [0.15, 0.2) is 6.61 Å². The molecule has 5 heteroatoms. The minimum Gasteiger partial charge on any atom is -0.483 e. The van der Waals surface area contributed by atoms with Gasteiger partial charge in [-0.1, -0.05) is 44.4 Å². The molecule has 0 unspecified atom stereocenters. The van der Waals surface area contributed by atoms with Crippen molar-refractivity contribution in [2.75, 3.05) is 6.61 Å². The summed E-state index contributed by atoms with van der Waals surface area (Å²) < 4.78 is 5.55. The van der Waals surface area contributed by atoms with Gasteiger partial charge in [-0.25, -0.2) is 4.79 Å². The predicted molar refractivity (Wildman–Crippen MR) is 82.9 cm³/mol. The van der Waals surface area contributed by atoms with Crippen LogP contribution in [0.15, 0.2) is 24.3 Å². The van der Waals surface area contributed by atoms with Crippen LogP contribution in [0.1, 0.15) is 44.6 Å². The summed E-state index contributed by atoms with van der Waals surface area (Å²) in [6, 6.07) is 7.55. The van der Waals surface area contributed by atoms with Crippen LogP contribution >= 0.6 is 0 Å². The number of carboxylic acid groups (broad SMARTS) is 1. The summed E-state index contributed by atoms with van der Waals surface area (Å²) in [5.74, 6) is -0.655. The molecule has 0 bridgehead atoms. The number of para-hydroxylation sites is 1. The van der Waals surface area contributed by atoms with Crippen LogP contribution in [0.2, 0.25) is 0 Å². The van der Waals surface area contributed by atoms with Gasteiger partial charge >= 0.3 is 5.97 Å². The van der Waals surface area contributed by atoms with Gasteiger partial charge in [0.25, 0.3) is 5.91 Å². The van der Waals surface area contributed by atoms with E-state index in [1.54, 1.807) is 0 Å². The van der Waals surface area contributed by atoms with Crippen molar-refractivity contribution in [1.82, 2.24) is 5.32 Å². The molecule has 0 spiro atoms. The quantitative estimate of drug-likeness (QED) is 0.847. The summed E-state index contributed by atoms with van der Waals surface area (Å²) >= 11 is 0. The number of benzene rings is 1. The monoisotopic (exact) mass is 305 g/mol. The van der Waals surface area contributed by atoms with Crippen LogP contribution in [0.3, 0.4) is 0 Å². The normalized spacial score (nSPS) is 16.8. The molecule has 0 heterocycles. The summed E-state index contributed by atoms with van der Waals surface area (Å²) in [7, 11) is 0. The average Bonchev–Trinajstić information content (AvgIpc) is 2.54. The highest BCUT2D eigenvalue weighted by Gasteiger charge is 2.40. The Morgan fingerprint density at radius 3 is 2.55 bits per heavy atom. The van der Waals surface area contributed by atoms with Gasteiger partial charge in [-0.05, 0) is 30.9 Å². The Morgan fingerprint density at radius 1 is 1.23 bits per heavy atom. The standard InChI is InChI=1S/C17H23NO4/c1-2-13-8-4-5-9-14(13)22-12-15(19)18-17(16(20)21)10-6-3-7-11-17/h4-5,8-9H,2-3,6-7,10-12H2,1H3,(H,18,19)(H,20,21). The third kappa shape index (κ3) is 3.78. The Labute approximate surface area is 130 Å². The lowest BCUT2D eigenvalue weighted by molar-refractivity contribution is -0.149. The zero-order chi connectivity index (χ0) is 16.0. The summed E-state index contributed by atoms with van der Waals surface area (Å²) in [6.45, 7) is 1.86. The molecule has 1 aliphatic rings. The maximum absolute atomic E-state index is 12.1. The van der Waals surface area contributed by atoms with E-state index in [9.17, 15) is 14.7 Å². The molecule has 1 saturated carbocycles. The topological polar surface area (TPSA) is 75.6 Å². The number of ether oxygens (including phenoxy) is 1. The van der Waals surface area contributed by atoms with Gasteiger partial charge in [-0.15, -0.1) is 0 Å². The second kappa shape index (κ2) is 7.29. The fourth-order valence-electron chi connectivity index (χ4n) is 2.93. The van der Waals surface area contributed by atoms with E-state index in [2.05, 4.69) is 5.32 Å². The summed E-state index contributed by atoms with van der Waals surface area (Å²) in [5, 5.41) is 12.1. The average molecular weight is 305 g/mol. The van der Waals surface area contributed by atoms with Crippen molar-refractivity contribution in [2.45, 2.75) is 51.0 Å². The number of carbonyl (C=O) groups is 2. The predicted octanol–water partition coefficient (Wildman–Crippen LogP) is 2.53. The van der Waals surface area contributed by atoms with Crippen molar-refractivity contribution < 1.29 is 19.4 Å². The first-order valence-electron chi connectivity index (χ1n) is 7.82. The van der Waals surface area contributed by atoms with E-state index in [1.807, 2.05) is 31.2 Å². The van der Waals surface area contributed by atoms with E-state index in [0.29, 0.717) is 18.6 Å². The van der Waals surface area contributed by atoms with E-state index in [0.717, 1.165) is 31.2 Å². The summed E-state index contributed by atoms with van der Waals surface area (Å²) in [4.78, 5) is 23.6. The summed E-state index contributed by atoms with van der Waals surface area (Å²) in [6.07, 6.45) is 4.46. The number of carboxylic acids is 1. The van der Waals surface area contributed by atoms with Gasteiger partial charge in [-0.3, -0.25) is 4.79 Å². The van der Waals surface area contributed by atoms with Crippen molar-refractivity contribution >= 4 is 11.9 Å². The lowest BCUT2D eigenvalue weighted by Crippen LogP contribution is -2.56. The molecule has 0 aromatic heterocycles. The van der Waals surface area contributed by atoms with E-state index in [1.165, 1.54) is 0 Å². The fourth-order valence-corrected chi connectivity index (χ4v) is 2.93. The van der Waals surface area contributed by atoms with Crippen LogP contribution in [0, 0.1) is 0 Å². The molecule has 5 nitrogen and oxygen atoms in total. The van der Waals surface area contributed by atoms with Crippen molar-refractivity contribution in [3.63, 3.8) is 0 Å². The first-order valence-corrected chi connectivity index (χ1v) is 7.82. The van der Waals surface area contributed by atoms with Crippen LogP contribution in [0.25, 0.3) is 0 Å². The molecule has 0 saturated heterocycles.